The number of carbonyl (C=O) groups excluding carboxylic acids is 1. The van der Waals surface area contributed by atoms with E-state index in [9.17, 15) is 4.79 Å². The quantitative estimate of drug-likeness (QED) is 0.731. The first-order valence-electron chi connectivity index (χ1n) is 9.78. The molecule has 0 aliphatic carbocycles. The van der Waals surface area contributed by atoms with Crippen molar-refractivity contribution >= 4 is 11.7 Å². The Labute approximate surface area is 165 Å². The Kier molecular flexibility index (Phi) is 6.56. The van der Waals surface area contributed by atoms with Gasteiger partial charge in [-0.2, -0.15) is 0 Å². The van der Waals surface area contributed by atoms with Crippen LogP contribution in [0.15, 0.2) is 24.7 Å². The van der Waals surface area contributed by atoms with Crippen molar-refractivity contribution in [2.24, 2.45) is 0 Å². The first-order valence-corrected chi connectivity index (χ1v) is 9.78. The van der Waals surface area contributed by atoms with Gasteiger partial charge >= 0.3 is 0 Å². The molecule has 2 aromatic rings. The topological polar surface area (TPSA) is 98.1 Å². The molecule has 0 spiro atoms. The van der Waals surface area contributed by atoms with Crippen molar-refractivity contribution in [3.63, 3.8) is 0 Å². The molecule has 1 saturated heterocycles. The van der Waals surface area contributed by atoms with Gasteiger partial charge in [-0.05, 0) is 19.4 Å². The zero-order chi connectivity index (χ0) is 20.0. The number of anilines is 1. The summed E-state index contributed by atoms with van der Waals surface area (Å²) in [6.45, 7) is 9.38. The van der Waals surface area contributed by atoms with Gasteiger partial charge in [0.1, 0.15) is 17.2 Å². The molecule has 9 nitrogen and oxygen atoms in total. The number of nitrogens with zero attached hydrogens (tertiary/aromatic N) is 6. The first kappa shape index (κ1) is 20.2. The maximum Gasteiger partial charge on any atom is 0.220 e. The van der Waals surface area contributed by atoms with Crippen molar-refractivity contribution in [2.45, 2.75) is 51.7 Å². The minimum Gasteiger partial charge on any atom is -0.370 e. The molecule has 0 radical (unpaired) electrons. The molecule has 1 atom stereocenters. The molecule has 1 aliphatic heterocycles. The van der Waals surface area contributed by atoms with Crippen molar-refractivity contribution < 1.29 is 9.53 Å². The average molecular weight is 387 g/mol. The van der Waals surface area contributed by atoms with Crippen LogP contribution in [0.4, 0.5) is 5.82 Å². The molecule has 1 unspecified atom stereocenters. The number of aromatic nitrogens is 5. The Morgan fingerprint density at radius 3 is 3.00 bits per heavy atom. The fourth-order valence-electron chi connectivity index (χ4n) is 3.18. The summed E-state index contributed by atoms with van der Waals surface area (Å²) in [4.78, 5) is 23.4. The highest BCUT2D eigenvalue weighted by atomic mass is 16.5. The van der Waals surface area contributed by atoms with Gasteiger partial charge in [-0.15, -0.1) is 5.10 Å². The molecule has 0 bridgehead atoms. The predicted molar refractivity (Wildman–Crippen MR) is 105 cm³/mol. The van der Waals surface area contributed by atoms with E-state index >= 15 is 0 Å². The van der Waals surface area contributed by atoms with Crippen molar-refractivity contribution in [1.82, 2.24) is 30.3 Å². The summed E-state index contributed by atoms with van der Waals surface area (Å²) in [6, 6.07) is 1.93. The summed E-state index contributed by atoms with van der Waals surface area (Å²) in [5.41, 5.74) is -0.456. The van der Waals surface area contributed by atoms with E-state index in [1.165, 1.54) is 0 Å². The van der Waals surface area contributed by atoms with E-state index in [1.54, 1.807) is 23.3 Å². The number of ether oxygens (including phenoxy) is 1. The maximum atomic E-state index is 12.2. The second kappa shape index (κ2) is 9.09. The Morgan fingerprint density at radius 2 is 2.25 bits per heavy atom. The number of rotatable bonds is 8. The van der Waals surface area contributed by atoms with Gasteiger partial charge < -0.3 is 15.0 Å². The molecular formula is C19H29N7O2. The molecule has 1 aliphatic rings. The molecule has 1 N–H and O–H groups in total. The highest BCUT2D eigenvalue weighted by Crippen LogP contribution is 2.22. The van der Waals surface area contributed by atoms with Crippen molar-refractivity contribution in [3.8, 4) is 0 Å². The van der Waals surface area contributed by atoms with Gasteiger partial charge in [0.25, 0.3) is 0 Å². The molecule has 2 aromatic heterocycles. The number of morpholine rings is 1. The molecule has 0 aromatic carbocycles. The van der Waals surface area contributed by atoms with E-state index in [0.29, 0.717) is 32.7 Å². The highest BCUT2D eigenvalue weighted by Gasteiger charge is 2.33. The number of amides is 1. The molecule has 28 heavy (non-hydrogen) atoms. The van der Waals surface area contributed by atoms with Crippen LogP contribution in [0.1, 0.15) is 45.4 Å². The average Bonchev–Trinajstić information content (AvgIpc) is 3.20. The minimum atomic E-state index is -0.456. The molecular weight excluding hydrogens is 358 g/mol. The second-order valence-corrected chi connectivity index (χ2v) is 7.69. The third kappa shape index (κ3) is 5.48. The molecule has 9 heteroatoms. The normalized spacial score (nSPS) is 19.8. The van der Waals surface area contributed by atoms with Crippen molar-refractivity contribution in [2.75, 3.05) is 31.1 Å². The number of nitrogens with one attached hydrogen (secondary N) is 1. The summed E-state index contributed by atoms with van der Waals surface area (Å²) in [5, 5.41) is 10.7. The van der Waals surface area contributed by atoms with Crippen LogP contribution in [0.2, 0.25) is 0 Å². The van der Waals surface area contributed by atoms with Crippen LogP contribution in [0.25, 0.3) is 0 Å². The van der Waals surface area contributed by atoms with E-state index < -0.39 is 5.60 Å². The smallest absolute Gasteiger partial charge is 0.220 e. The minimum absolute atomic E-state index is 0.0196. The fourth-order valence-corrected chi connectivity index (χ4v) is 3.18. The Morgan fingerprint density at radius 1 is 1.39 bits per heavy atom. The largest absolute Gasteiger partial charge is 0.370 e. The van der Waals surface area contributed by atoms with Gasteiger partial charge in [-0.25, -0.2) is 9.97 Å². The van der Waals surface area contributed by atoms with Crippen LogP contribution < -0.4 is 10.2 Å². The van der Waals surface area contributed by atoms with Crippen molar-refractivity contribution in [1.29, 1.82) is 0 Å². The summed E-state index contributed by atoms with van der Waals surface area (Å²) in [7, 11) is 0. The van der Waals surface area contributed by atoms with Gasteiger partial charge in [0, 0.05) is 50.9 Å². The number of hydrogen-bond acceptors (Lipinski definition) is 7. The lowest BCUT2D eigenvalue weighted by molar-refractivity contribution is -0.123. The Bertz CT molecular complexity index is 765. The molecule has 0 saturated carbocycles. The number of hydrogen-bond donors (Lipinski definition) is 1. The standard InChI is InChI=1S/C19H29N7O2/c1-15(2)18-20-7-6-16(23-18)25-11-12-28-19(3,14-25)13-21-17(27)5-4-9-26-10-8-22-24-26/h6-8,10,15H,4-5,9,11-14H2,1-3H3,(H,21,27). The molecule has 1 amide bonds. The van der Waals surface area contributed by atoms with Crippen LogP contribution in [0.3, 0.4) is 0 Å². The molecule has 3 heterocycles. The summed E-state index contributed by atoms with van der Waals surface area (Å²) >= 11 is 0. The Hall–Kier alpha value is -2.55. The fraction of sp³-hybridized carbons (Fsp3) is 0.632. The second-order valence-electron chi connectivity index (χ2n) is 7.69. The van der Waals surface area contributed by atoms with Crippen LogP contribution in [-0.2, 0) is 16.1 Å². The summed E-state index contributed by atoms with van der Waals surface area (Å²) in [6.07, 6.45) is 6.40. The zero-order valence-corrected chi connectivity index (χ0v) is 16.8. The molecule has 1 fully saturated rings. The first-order chi connectivity index (χ1) is 13.5. The maximum absolute atomic E-state index is 12.2. The van der Waals surface area contributed by atoms with Gasteiger partial charge in [0.15, 0.2) is 0 Å². The van der Waals surface area contributed by atoms with E-state index in [2.05, 4.69) is 44.3 Å². The van der Waals surface area contributed by atoms with Gasteiger partial charge in [-0.1, -0.05) is 19.1 Å². The van der Waals surface area contributed by atoms with Crippen LogP contribution in [0, 0.1) is 0 Å². The summed E-state index contributed by atoms with van der Waals surface area (Å²) in [5.74, 6) is 2.05. The lowest BCUT2D eigenvalue weighted by atomic mass is 10.0. The highest BCUT2D eigenvalue weighted by molar-refractivity contribution is 5.75. The van der Waals surface area contributed by atoms with Gasteiger partial charge in [0.2, 0.25) is 5.91 Å². The molecule has 152 valence electrons. The van der Waals surface area contributed by atoms with Crippen LogP contribution in [0.5, 0.6) is 0 Å². The SMILES string of the molecule is CC(C)c1nccc(N2CCOC(C)(CNC(=O)CCCn3ccnn3)C2)n1. The van der Waals surface area contributed by atoms with Crippen LogP contribution >= 0.6 is 0 Å². The van der Waals surface area contributed by atoms with E-state index in [0.717, 1.165) is 24.6 Å². The predicted octanol–water partition coefficient (Wildman–Crippen LogP) is 1.38. The van der Waals surface area contributed by atoms with Gasteiger partial charge in [-0.3, -0.25) is 9.48 Å². The lowest BCUT2D eigenvalue weighted by Gasteiger charge is -2.41. The van der Waals surface area contributed by atoms with Gasteiger partial charge in [0.05, 0.1) is 12.8 Å². The summed E-state index contributed by atoms with van der Waals surface area (Å²) < 4.78 is 7.71. The van der Waals surface area contributed by atoms with E-state index in [-0.39, 0.29) is 11.8 Å². The number of carbonyl (C=O) groups is 1. The van der Waals surface area contributed by atoms with Crippen molar-refractivity contribution in [3.05, 3.63) is 30.5 Å². The molecule has 3 rings (SSSR count). The van der Waals surface area contributed by atoms with E-state index in [4.69, 9.17) is 4.74 Å². The third-order valence-electron chi connectivity index (χ3n) is 4.76. The zero-order valence-electron chi connectivity index (χ0n) is 16.8. The van der Waals surface area contributed by atoms with Crippen LogP contribution in [-0.4, -0.2) is 62.7 Å². The Balaban J connectivity index is 1.49. The van der Waals surface area contributed by atoms with E-state index in [1.807, 2.05) is 13.0 Å². The number of aryl methyl sites for hydroxylation is 1. The monoisotopic (exact) mass is 387 g/mol. The lowest BCUT2D eigenvalue weighted by Crippen LogP contribution is -2.56. The third-order valence-corrected chi connectivity index (χ3v) is 4.76.